The molecule has 4 heteroatoms. The number of fused-ring (bicyclic) bond motifs is 1. The maximum Gasteiger partial charge on any atom is 0.238 e. The second kappa shape index (κ2) is 6.19. The summed E-state index contributed by atoms with van der Waals surface area (Å²) in [4.78, 5) is 26.8. The maximum absolute atomic E-state index is 12.7. The van der Waals surface area contributed by atoms with Crippen LogP contribution in [0.5, 0.6) is 5.75 Å². The van der Waals surface area contributed by atoms with Crippen LogP contribution in [0.25, 0.3) is 0 Å². The Morgan fingerprint density at radius 3 is 2.00 bits per heavy atom. The van der Waals surface area contributed by atoms with Gasteiger partial charge in [0.1, 0.15) is 5.75 Å². The summed E-state index contributed by atoms with van der Waals surface area (Å²) in [5.41, 5.74) is 3.14. The van der Waals surface area contributed by atoms with E-state index >= 15 is 0 Å². The molecule has 2 aliphatic rings. The van der Waals surface area contributed by atoms with E-state index in [1.807, 2.05) is 12.1 Å². The summed E-state index contributed by atoms with van der Waals surface area (Å²) >= 11 is 0. The molecule has 0 spiro atoms. The Morgan fingerprint density at radius 1 is 1.00 bits per heavy atom. The highest BCUT2D eigenvalue weighted by Crippen LogP contribution is 2.42. The number of benzene rings is 1. The van der Waals surface area contributed by atoms with Gasteiger partial charge in [-0.25, -0.2) is 0 Å². The number of carbonyl (C=O) groups is 2. The Kier molecular flexibility index (Phi) is 4.24. The summed E-state index contributed by atoms with van der Waals surface area (Å²) in [6.07, 6.45) is 2.35. The fraction of sp³-hybridized carbons (Fsp3) is 0.474. The van der Waals surface area contributed by atoms with Gasteiger partial charge in [-0.2, -0.15) is 0 Å². The molecule has 0 N–H and O–H groups in total. The van der Waals surface area contributed by atoms with Crippen LogP contribution in [0.2, 0.25) is 0 Å². The molecule has 0 radical (unpaired) electrons. The van der Waals surface area contributed by atoms with E-state index in [1.165, 1.54) is 16.0 Å². The van der Waals surface area contributed by atoms with E-state index in [-0.39, 0.29) is 23.7 Å². The lowest BCUT2D eigenvalue weighted by Crippen LogP contribution is -2.30. The molecule has 23 heavy (non-hydrogen) atoms. The number of anilines is 1. The van der Waals surface area contributed by atoms with Crippen molar-refractivity contribution in [2.24, 2.45) is 11.8 Å². The lowest BCUT2D eigenvalue weighted by atomic mass is 9.78. The molecule has 2 amide bonds. The van der Waals surface area contributed by atoms with E-state index in [2.05, 4.69) is 20.8 Å². The number of carbonyl (C=O) groups excluding carboxylic acids is 2. The molecule has 1 saturated heterocycles. The molecule has 0 unspecified atom stereocenters. The second-order valence-corrected chi connectivity index (χ2v) is 6.54. The first-order chi connectivity index (χ1) is 11.0. The minimum Gasteiger partial charge on any atom is -0.494 e. The van der Waals surface area contributed by atoms with Crippen molar-refractivity contribution >= 4 is 17.5 Å². The van der Waals surface area contributed by atoms with Gasteiger partial charge in [-0.05, 0) is 57.4 Å². The summed E-state index contributed by atoms with van der Waals surface area (Å²) in [6.45, 7) is 6.84. The Hall–Kier alpha value is -2.10. The van der Waals surface area contributed by atoms with E-state index in [9.17, 15) is 9.59 Å². The van der Waals surface area contributed by atoms with Gasteiger partial charge in [-0.3, -0.25) is 14.5 Å². The zero-order valence-corrected chi connectivity index (χ0v) is 14.0. The van der Waals surface area contributed by atoms with Crippen molar-refractivity contribution in [3.8, 4) is 5.75 Å². The van der Waals surface area contributed by atoms with Crippen LogP contribution in [0, 0.1) is 11.8 Å². The molecule has 1 heterocycles. The van der Waals surface area contributed by atoms with E-state index < -0.39 is 0 Å². The van der Waals surface area contributed by atoms with Crippen molar-refractivity contribution in [1.82, 2.24) is 0 Å². The molecule has 4 nitrogen and oxygen atoms in total. The van der Waals surface area contributed by atoms with Gasteiger partial charge in [0.15, 0.2) is 0 Å². The zero-order valence-electron chi connectivity index (χ0n) is 14.0. The molecule has 3 rings (SSSR count). The largest absolute Gasteiger partial charge is 0.494 e. The Bertz CT molecular complexity index is 628. The van der Waals surface area contributed by atoms with E-state index in [4.69, 9.17) is 4.74 Å². The number of imide groups is 1. The highest BCUT2D eigenvalue weighted by molar-refractivity contribution is 6.22. The molecule has 122 valence electrons. The summed E-state index contributed by atoms with van der Waals surface area (Å²) in [7, 11) is 0. The first kappa shape index (κ1) is 15.8. The minimum atomic E-state index is -0.192. The van der Waals surface area contributed by atoms with Crippen molar-refractivity contribution in [3.05, 3.63) is 35.4 Å². The highest BCUT2D eigenvalue weighted by Gasteiger charge is 2.49. The molecular weight excluding hydrogens is 290 g/mol. The molecule has 0 bridgehead atoms. The van der Waals surface area contributed by atoms with Crippen LogP contribution < -0.4 is 9.64 Å². The third kappa shape index (κ3) is 2.78. The standard InChI is InChI=1S/C19H23NO3/c1-4-9-23-15-7-5-14(6-8-15)20-18(21)16-10-12(2)13(3)11-17(16)19(20)22/h5-8,16-17H,4,9-11H2,1-3H3/t16-,17-/m1/s1. The van der Waals surface area contributed by atoms with Crippen LogP contribution in [0.4, 0.5) is 5.69 Å². The number of amides is 2. The molecule has 1 aromatic rings. The number of allylic oxidation sites excluding steroid dienone is 2. The molecule has 1 fully saturated rings. The predicted octanol–water partition coefficient (Wildman–Crippen LogP) is 3.71. The Balaban J connectivity index is 1.82. The van der Waals surface area contributed by atoms with Crippen molar-refractivity contribution in [3.63, 3.8) is 0 Å². The number of hydrogen-bond acceptors (Lipinski definition) is 3. The summed E-state index contributed by atoms with van der Waals surface area (Å²) in [5.74, 6) is 0.257. The van der Waals surface area contributed by atoms with Crippen molar-refractivity contribution in [1.29, 1.82) is 0 Å². The minimum absolute atomic E-state index is 0.0610. The summed E-state index contributed by atoms with van der Waals surface area (Å²) < 4.78 is 5.55. The fourth-order valence-corrected chi connectivity index (χ4v) is 3.42. The maximum atomic E-state index is 12.7. The molecule has 1 aliphatic heterocycles. The molecule has 2 atom stereocenters. The summed E-state index contributed by atoms with van der Waals surface area (Å²) in [6, 6.07) is 7.24. The van der Waals surface area contributed by atoms with Gasteiger partial charge in [-0.1, -0.05) is 18.1 Å². The SMILES string of the molecule is CCCOc1ccc(N2C(=O)[C@@H]3CC(C)=C(C)C[C@H]3C2=O)cc1. The first-order valence-corrected chi connectivity index (χ1v) is 8.28. The third-order valence-corrected chi connectivity index (χ3v) is 4.91. The number of hydrogen-bond donors (Lipinski definition) is 0. The van der Waals surface area contributed by atoms with Gasteiger partial charge in [0.05, 0.1) is 24.1 Å². The van der Waals surface area contributed by atoms with Gasteiger partial charge in [0, 0.05) is 0 Å². The van der Waals surface area contributed by atoms with Crippen LogP contribution >= 0.6 is 0 Å². The lowest BCUT2D eigenvalue weighted by molar-refractivity contribution is -0.122. The van der Waals surface area contributed by atoms with E-state index in [1.54, 1.807) is 12.1 Å². The predicted molar refractivity (Wildman–Crippen MR) is 89.3 cm³/mol. The van der Waals surface area contributed by atoms with Crippen molar-refractivity contribution < 1.29 is 14.3 Å². The highest BCUT2D eigenvalue weighted by atomic mass is 16.5. The average molecular weight is 313 g/mol. The van der Waals surface area contributed by atoms with Crippen LogP contribution in [-0.4, -0.2) is 18.4 Å². The molecule has 1 aliphatic carbocycles. The number of ether oxygens (including phenoxy) is 1. The Morgan fingerprint density at radius 2 is 1.52 bits per heavy atom. The summed E-state index contributed by atoms with van der Waals surface area (Å²) in [5, 5.41) is 0. The monoisotopic (exact) mass is 313 g/mol. The van der Waals surface area contributed by atoms with Gasteiger partial charge >= 0.3 is 0 Å². The molecule has 1 aromatic carbocycles. The molecule has 0 saturated carbocycles. The first-order valence-electron chi connectivity index (χ1n) is 8.28. The van der Waals surface area contributed by atoms with Gasteiger partial charge < -0.3 is 4.74 Å². The van der Waals surface area contributed by atoms with Crippen molar-refractivity contribution in [2.45, 2.75) is 40.0 Å². The van der Waals surface area contributed by atoms with Crippen LogP contribution in [-0.2, 0) is 9.59 Å². The quantitative estimate of drug-likeness (QED) is 0.629. The zero-order chi connectivity index (χ0) is 16.6. The topological polar surface area (TPSA) is 46.6 Å². The van der Waals surface area contributed by atoms with Gasteiger partial charge in [0.25, 0.3) is 0 Å². The second-order valence-electron chi connectivity index (χ2n) is 6.54. The molecular formula is C19H23NO3. The van der Waals surface area contributed by atoms with Crippen LogP contribution in [0.1, 0.15) is 40.0 Å². The van der Waals surface area contributed by atoms with Gasteiger partial charge in [0.2, 0.25) is 11.8 Å². The smallest absolute Gasteiger partial charge is 0.238 e. The lowest BCUT2D eigenvalue weighted by Gasteiger charge is -2.23. The third-order valence-electron chi connectivity index (χ3n) is 4.91. The Labute approximate surface area is 137 Å². The van der Waals surface area contributed by atoms with Crippen LogP contribution in [0.3, 0.4) is 0 Å². The van der Waals surface area contributed by atoms with Crippen molar-refractivity contribution in [2.75, 3.05) is 11.5 Å². The fourth-order valence-electron chi connectivity index (χ4n) is 3.42. The average Bonchev–Trinajstić information content (AvgIpc) is 2.78. The number of rotatable bonds is 4. The van der Waals surface area contributed by atoms with Crippen LogP contribution in [0.15, 0.2) is 35.4 Å². The molecule has 0 aromatic heterocycles. The normalized spacial score (nSPS) is 24.2. The van der Waals surface area contributed by atoms with E-state index in [0.717, 1.165) is 12.2 Å². The van der Waals surface area contributed by atoms with Gasteiger partial charge in [-0.15, -0.1) is 0 Å². The number of nitrogens with zero attached hydrogens (tertiary/aromatic N) is 1. The van der Waals surface area contributed by atoms with E-state index in [0.29, 0.717) is 25.1 Å².